The summed E-state index contributed by atoms with van der Waals surface area (Å²) in [5.74, 6) is 0.444. The van der Waals surface area contributed by atoms with Crippen LogP contribution in [0.3, 0.4) is 0 Å². The maximum atomic E-state index is 11.5. The molecule has 0 atom stereocenters. The average Bonchev–Trinajstić information content (AvgIpc) is 2.90. The van der Waals surface area contributed by atoms with Gasteiger partial charge in [0, 0.05) is 18.2 Å². The first-order valence-corrected chi connectivity index (χ1v) is 11.1. The molecule has 2 N–H and O–H groups in total. The highest BCUT2D eigenvalue weighted by atomic mass is 79.9. The van der Waals surface area contributed by atoms with Gasteiger partial charge in [0.05, 0.1) is 5.39 Å². The van der Waals surface area contributed by atoms with Crippen molar-refractivity contribution in [3.05, 3.63) is 10.8 Å². The van der Waals surface area contributed by atoms with Crippen molar-refractivity contribution in [1.82, 2.24) is 19.7 Å². The van der Waals surface area contributed by atoms with Crippen molar-refractivity contribution in [2.75, 3.05) is 6.26 Å². The molecule has 7 nitrogen and oxygen atoms in total. The first-order chi connectivity index (χ1) is 12.6. The molecule has 1 aliphatic carbocycles. The number of rotatable bonds is 4. The maximum absolute atomic E-state index is 11.5. The summed E-state index contributed by atoms with van der Waals surface area (Å²) in [6.45, 7) is 7.10. The lowest BCUT2D eigenvalue weighted by Gasteiger charge is -2.47. The summed E-state index contributed by atoms with van der Waals surface area (Å²) in [7, 11) is 0. The van der Waals surface area contributed by atoms with Crippen molar-refractivity contribution in [3.8, 4) is 0 Å². The third-order valence-corrected chi connectivity index (χ3v) is 6.76. The lowest BCUT2D eigenvalue weighted by Crippen LogP contribution is -2.50. The zero-order chi connectivity index (χ0) is 19.8. The molecular formula is C18H26BrN5O2S. The molecule has 2 aromatic rings. The smallest absolute Gasteiger partial charge is 0.405 e. The minimum absolute atomic E-state index is 0.158. The van der Waals surface area contributed by atoms with Crippen molar-refractivity contribution in [2.45, 2.75) is 63.8 Å². The highest BCUT2D eigenvalue weighted by molar-refractivity contribution is 9.10. The molecule has 0 radical (unpaired) electrons. The third kappa shape index (κ3) is 4.08. The van der Waals surface area contributed by atoms with Crippen LogP contribution in [0.1, 0.15) is 46.5 Å². The molecule has 9 heteroatoms. The highest BCUT2D eigenvalue weighted by Gasteiger charge is 2.47. The van der Waals surface area contributed by atoms with E-state index >= 15 is 0 Å². The molecule has 148 valence electrons. The lowest BCUT2D eigenvalue weighted by atomic mass is 9.66. The number of ether oxygens (including phenoxy) is 1. The Labute approximate surface area is 172 Å². The number of thioether (sulfide) groups is 1. The zero-order valence-electron chi connectivity index (χ0n) is 16.2. The van der Waals surface area contributed by atoms with Gasteiger partial charge in [-0.3, -0.25) is 0 Å². The van der Waals surface area contributed by atoms with E-state index in [4.69, 9.17) is 10.5 Å². The van der Waals surface area contributed by atoms with Gasteiger partial charge in [0.1, 0.15) is 10.2 Å². The molecule has 0 aromatic carbocycles. The Bertz CT molecular complexity index is 840. The van der Waals surface area contributed by atoms with E-state index in [1.165, 1.54) is 11.8 Å². The fraction of sp³-hybridized carbons (Fsp3) is 0.667. The van der Waals surface area contributed by atoms with Crippen LogP contribution in [0.4, 0.5) is 4.79 Å². The zero-order valence-corrected chi connectivity index (χ0v) is 18.6. The van der Waals surface area contributed by atoms with E-state index in [1.807, 2.05) is 17.1 Å². The minimum atomic E-state index is -0.688. The standard InChI is InChI=1S/C18H26BrN5O2S/c1-17(2,3)18(26-15(20)25)7-5-11(6-8-18)10-24-14-12(13(19)23-24)9-21-16(22-14)27-4/h9,11H,5-8,10H2,1-4H3,(H2,20,25). The summed E-state index contributed by atoms with van der Waals surface area (Å²) in [6.07, 6.45) is 6.59. The number of amides is 1. The number of fused-ring (bicyclic) bond motifs is 1. The Morgan fingerprint density at radius 3 is 2.67 bits per heavy atom. The molecule has 1 saturated carbocycles. The Balaban J connectivity index is 1.77. The Morgan fingerprint density at radius 2 is 2.11 bits per heavy atom. The molecule has 3 rings (SSSR count). The Kier molecular flexibility index (Phi) is 5.72. The number of primary amides is 1. The number of hydrogen-bond donors (Lipinski definition) is 1. The van der Waals surface area contributed by atoms with Crippen LogP contribution in [0.15, 0.2) is 16.0 Å². The summed E-state index contributed by atoms with van der Waals surface area (Å²) < 4.78 is 8.36. The molecule has 0 aliphatic heterocycles. The molecule has 1 aliphatic rings. The first kappa shape index (κ1) is 20.4. The quantitative estimate of drug-likeness (QED) is 0.542. The van der Waals surface area contributed by atoms with E-state index in [0.29, 0.717) is 5.92 Å². The molecule has 0 saturated heterocycles. The fourth-order valence-corrected chi connectivity index (χ4v) is 4.71. The normalized spacial score (nSPS) is 23.5. The van der Waals surface area contributed by atoms with Gasteiger partial charge in [-0.25, -0.2) is 19.4 Å². The number of carbonyl (C=O) groups excluding carboxylic acids is 1. The molecular weight excluding hydrogens is 430 g/mol. The van der Waals surface area contributed by atoms with Gasteiger partial charge in [-0.2, -0.15) is 5.10 Å². The molecule has 0 bridgehead atoms. The maximum Gasteiger partial charge on any atom is 0.405 e. The number of halogens is 1. The van der Waals surface area contributed by atoms with Gasteiger partial charge in [0.25, 0.3) is 0 Å². The van der Waals surface area contributed by atoms with Crippen molar-refractivity contribution in [1.29, 1.82) is 0 Å². The molecule has 1 amide bonds. The van der Waals surface area contributed by atoms with Crippen LogP contribution >= 0.6 is 27.7 Å². The van der Waals surface area contributed by atoms with Crippen molar-refractivity contribution in [2.24, 2.45) is 17.1 Å². The van der Waals surface area contributed by atoms with Crippen molar-refractivity contribution < 1.29 is 9.53 Å². The number of carbonyl (C=O) groups is 1. The number of nitrogens with zero attached hydrogens (tertiary/aromatic N) is 4. The van der Waals surface area contributed by atoms with Gasteiger partial charge in [-0.05, 0) is 53.8 Å². The topological polar surface area (TPSA) is 95.9 Å². The number of aromatic nitrogens is 4. The second-order valence-electron chi connectivity index (χ2n) is 8.18. The summed E-state index contributed by atoms with van der Waals surface area (Å²) in [5, 5.41) is 6.27. The van der Waals surface area contributed by atoms with Crippen LogP contribution < -0.4 is 5.73 Å². The van der Waals surface area contributed by atoms with Gasteiger partial charge >= 0.3 is 6.09 Å². The number of nitrogens with two attached hydrogens (primary N) is 1. The average molecular weight is 456 g/mol. The predicted octanol–water partition coefficient (Wildman–Crippen LogP) is 4.38. The first-order valence-electron chi connectivity index (χ1n) is 9.07. The van der Waals surface area contributed by atoms with Crippen LogP contribution in [-0.2, 0) is 11.3 Å². The monoisotopic (exact) mass is 455 g/mol. The van der Waals surface area contributed by atoms with Gasteiger partial charge in [-0.1, -0.05) is 32.5 Å². The summed E-state index contributed by atoms with van der Waals surface area (Å²) in [6, 6.07) is 0. The van der Waals surface area contributed by atoms with Crippen LogP contribution in [0.2, 0.25) is 0 Å². The molecule has 1 fully saturated rings. The Morgan fingerprint density at radius 1 is 1.44 bits per heavy atom. The Hall–Kier alpha value is -1.35. The predicted molar refractivity (Wildman–Crippen MR) is 110 cm³/mol. The van der Waals surface area contributed by atoms with E-state index in [9.17, 15) is 4.79 Å². The van der Waals surface area contributed by atoms with Crippen molar-refractivity contribution in [3.63, 3.8) is 0 Å². The van der Waals surface area contributed by atoms with E-state index in [2.05, 4.69) is 51.8 Å². The van der Waals surface area contributed by atoms with Crippen LogP contribution in [-0.4, -0.2) is 37.7 Å². The third-order valence-electron chi connectivity index (χ3n) is 5.61. The second-order valence-corrected chi connectivity index (χ2v) is 9.70. The van der Waals surface area contributed by atoms with E-state index in [1.54, 1.807) is 0 Å². The molecule has 2 aromatic heterocycles. The van der Waals surface area contributed by atoms with E-state index in [0.717, 1.165) is 53.0 Å². The SMILES string of the molecule is CSc1ncc2c(Br)nn(CC3CCC(OC(N)=O)(C(C)(C)C)CC3)c2n1. The van der Waals surface area contributed by atoms with Crippen LogP contribution in [0.5, 0.6) is 0 Å². The fourth-order valence-electron chi connectivity index (χ4n) is 3.90. The van der Waals surface area contributed by atoms with Gasteiger partial charge < -0.3 is 10.5 Å². The van der Waals surface area contributed by atoms with E-state index in [-0.39, 0.29) is 5.41 Å². The molecule has 2 heterocycles. The molecule has 27 heavy (non-hydrogen) atoms. The van der Waals surface area contributed by atoms with Gasteiger partial charge in [-0.15, -0.1) is 0 Å². The van der Waals surface area contributed by atoms with Crippen LogP contribution in [0, 0.1) is 11.3 Å². The van der Waals surface area contributed by atoms with Gasteiger partial charge in [0.15, 0.2) is 10.8 Å². The van der Waals surface area contributed by atoms with Crippen LogP contribution in [0.25, 0.3) is 11.0 Å². The molecule has 0 unspecified atom stereocenters. The minimum Gasteiger partial charge on any atom is -0.443 e. The van der Waals surface area contributed by atoms with Gasteiger partial charge in [0.2, 0.25) is 0 Å². The lowest BCUT2D eigenvalue weighted by molar-refractivity contribution is -0.0978. The second kappa shape index (κ2) is 7.58. The molecule has 0 spiro atoms. The van der Waals surface area contributed by atoms with E-state index < -0.39 is 11.7 Å². The highest BCUT2D eigenvalue weighted by Crippen LogP contribution is 2.46. The summed E-state index contributed by atoms with van der Waals surface area (Å²) in [5.41, 5.74) is 5.55. The summed E-state index contributed by atoms with van der Waals surface area (Å²) in [4.78, 5) is 20.4. The largest absolute Gasteiger partial charge is 0.443 e. The van der Waals surface area contributed by atoms with Crippen molar-refractivity contribution >= 4 is 44.8 Å². The summed E-state index contributed by atoms with van der Waals surface area (Å²) >= 11 is 5.03. The number of hydrogen-bond acceptors (Lipinski definition) is 6.